The van der Waals surface area contributed by atoms with Crippen molar-refractivity contribution in [2.75, 3.05) is 6.54 Å². The monoisotopic (exact) mass is 354 g/mol. The molecule has 140 valence electrons. The summed E-state index contributed by atoms with van der Waals surface area (Å²) in [5.41, 5.74) is 4.59. The van der Waals surface area contributed by atoms with Gasteiger partial charge in [0.05, 0.1) is 5.69 Å². The fourth-order valence-electron chi connectivity index (χ4n) is 3.98. The third-order valence-electron chi connectivity index (χ3n) is 5.29. The van der Waals surface area contributed by atoms with Crippen LogP contribution in [0.25, 0.3) is 0 Å². The van der Waals surface area contributed by atoms with Gasteiger partial charge in [-0.25, -0.2) is 0 Å². The van der Waals surface area contributed by atoms with E-state index in [0.717, 1.165) is 56.6 Å². The van der Waals surface area contributed by atoms with Gasteiger partial charge in [-0.15, -0.1) is 0 Å². The molecule has 1 amide bonds. The second kappa shape index (κ2) is 8.47. The van der Waals surface area contributed by atoms with Crippen LogP contribution in [0.3, 0.4) is 0 Å². The molecule has 0 aromatic carbocycles. The molecule has 0 radical (unpaired) electrons. The molecule has 2 aromatic heterocycles. The van der Waals surface area contributed by atoms with E-state index in [4.69, 9.17) is 0 Å². The molecule has 5 nitrogen and oxygen atoms in total. The van der Waals surface area contributed by atoms with Gasteiger partial charge in [0.1, 0.15) is 0 Å². The lowest BCUT2D eigenvalue weighted by atomic mass is 10.0. The van der Waals surface area contributed by atoms with E-state index >= 15 is 0 Å². The predicted molar refractivity (Wildman–Crippen MR) is 103 cm³/mol. The molecule has 1 aliphatic heterocycles. The predicted octanol–water partition coefficient (Wildman–Crippen LogP) is 3.61. The van der Waals surface area contributed by atoms with E-state index in [-0.39, 0.29) is 0 Å². The van der Waals surface area contributed by atoms with Gasteiger partial charge < -0.3 is 4.90 Å². The zero-order valence-electron chi connectivity index (χ0n) is 16.2. The summed E-state index contributed by atoms with van der Waals surface area (Å²) in [5.74, 6) is 0.306. The first-order chi connectivity index (χ1) is 12.5. The van der Waals surface area contributed by atoms with Crippen LogP contribution in [0, 0.1) is 20.8 Å². The molecule has 1 saturated heterocycles. The van der Waals surface area contributed by atoms with Gasteiger partial charge in [0.25, 0.3) is 0 Å². The van der Waals surface area contributed by atoms with Crippen molar-refractivity contribution in [2.24, 2.45) is 0 Å². The van der Waals surface area contributed by atoms with E-state index in [2.05, 4.69) is 40.1 Å². The first-order valence-electron chi connectivity index (χ1n) is 9.75. The zero-order valence-corrected chi connectivity index (χ0v) is 16.2. The summed E-state index contributed by atoms with van der Waals surface area (Å²) >= 11 is 0. The molecule has 1 unspecified atom stereocenters. The maximum atomic E-state index is 12.7. The van der Waals surface area contributed by atoms with Crippen LogP contribution >= 0.6 is 0 Å². The normalized spacial score (nSPS) is 17.0. The molecule has 1 fully saturated rings. The van der Waals surface area contributed by atoms with Crippen LogP contribution < -0.4 is 0 Å². The lowest BCUT2D eigenvalue weighted by molar-refractivity contribution is -0.132. The Kier molecular flexibility index (Phi) is 6.07. The highest BCUT2D eigenvalue weighted by atomic mass is 16.2. The minimum absolute atomic E-state index is 0.306. The summed E-state index contributed by atoms with van der Waals surface area (Å²) in [5, 5.41) is 4.48. The number of likely N-dealkylation sites (tertiary alicyclic amines) is 1. The molecular weight excluding hydrogens is 324 g/mol. The molecule has 1 atom stereocenters. The van der Waals surface area contributed by atoms with Crippen LogP contribution in [0.2, 0.25) is 0 Å². The zero-order chi connectivity index (χ0) is 18.5. The number of amides is 1. The number of aryl methyl sites for hydroxylation is 5. The number of hydrogen-bond donors (Lipinski definition) is 0. The van der Waals surface area contributed by atoms with Crippen molar-refractivity contribution in [2.45, 2.75) is 71.9 Å². The molecule has 0 saturated carbocycles. The van der Waals surface area contributed by atoms with Crippen molar-refractivity contribution < 1.29 is 4.79 Å². The molecule has 2 aromatic rings. The van der Waals surface area contributed by atoms with Gasteiger partial charge in [0.2, 0.25) is 5.91 Å². The molecular formula is C21H30N4O. The van der Waals surface area contributed by atoms with Gasteiger partial charge in [0.15, 0.2) is 0 Å². The highest BCUT2D eigenvalue weighted by Gasteiger charge is 2.27. The molecule has 0 spiro atoms. The Labute approximate surface area is 156 Å². The molecule has 3 rings (SSSR count). The van der Waals surface area contributed by atoms with Gasteiger partial charge >= 0.3 is 0 Å². The molecule has 0 aliphatic carbocycles. The average molecular weight is 354 g/mol. The van der Waals surface area contributed by atoms with Crippen LogP contribution in [0.4, 0.5) is 0 Å². The molecule has 0 bridgehead atoms. The average Bonchev–Trinajstić information content (AvgIpc) is 3.19. The third-order valence-corrected chi connectivity index (χ3v) is 5.29. The number of hydrogen-bond acceptors (Lipinski definition) is 3. The minimum Gasteiger partial charge on any atom is -0.340 e. The first kappa shape index (κ1) is 18.6. The van der Waals surface area contributed by atoms with Crippen molar-refractivity contribution in [3.8, 4) is 0 Å². The minimum atomic E-state index is 0.306. The molecule has 1 aliphatic rings. The van der Waals surface area contributed by atoms with E-state index < -0.39 is 0 Å². The quantitative estimate of drug-likeness (QED) is 0.763. The summed E-state index contributed by atoms with van der Waals surface area (Å²) in [6.45, 7) is 7.84. The van der Waals surface area contributed by atoms with Crippen LogP contribution in [-0.4, -0.2) is 38.2 Å². The number of rotatable bonds is 7. The maximum Gasteiger partial charge on any atom is 0.222 e. The van der Waals surface area contributed by atoms with E-state index in [1.807, 2.05) is 24.7 Å². The number of pyridine rings is 1. The van der Waals surface area contributed by atoms with Crippen molar-refractivity contribution in [1.29, 1.82) is 0 Å². The SMILES string of the molecule is Cc1cc(CCC2CCCN2C(=O)CCCn2nc(C)cc2C)ccn1. The third kappa shape index (κ3) is 4.71. The van der Waals surface area contributed by atoms with Gasteiger partial charge in [-0.3, -0.25) is 14.5 Å². The van der Waals surface area contributed by atoms with Crippen LogP contribution in [0.15, 0.2) is 24.4 Å². The summed E-state index contributed by atoms with van der Waals surface area (Å²) < 4.78 is 2.01. The Bertz CT molecular complexity index is 752. The van der Waals surface area contributed by atoms with E-state index in [1.54, 1.807) is 0 Å². The van der Waals surface area contributed by atoms with Gasteiger partial charge in [-0.2, -0.15) is 5.10 Å². The highest BCUT2D eigenvalue weighted by Crippen LogP contribution is 2.23. The lowest BCUT2D eigenvalue weighted by Crippen LogP contribution is -2.35. The molecule has 5 heteroatoms. The smallest absolute Gasteiger partial charge is 0.222 e. The number of nitrogens with zero attached hydrogens (tertiary/aromatic N) is 4. The molecule has 0 N–H and O–H groups in total. The Hall–Kier alpha value is -2.17. The van der Waals surface area contributed by atoms with Crippen molar-refractivity contribution in [3.05, 3.63) is 47.0 Å². The topological polar surface area (TPSA) is 51.0 Å². The van der Waals surface area contributed by atoms with Crippen molar-refractivity contribution in [1.82, 2.24) is 19.7 Å². The number of carbonyl (C=O) groups excluding carboxylic acids is 1. The van der Waals surface area contributed by atoms with Gasteiger partial charge in [0, 0.05) is 43.1 Å². The maximum absolute atomic E-state index is 12.7. The van der Waals surface area contributed by atoms with Gasteiger partial charge in [-0.1, -0.05) is 0 Å². The Morgan fingerprint density at radius 2 is 2.08 bits per heavy atom. The van der Waals surface area contributed by atoms with E-state index in [0.29, 0.717) is 18.4 Å². The fourth-order valence-corrected chi connectivity index (χ4v) is 3.98. The summed E-state index contributed by atoms with van der Waals surface area (Å²) in [4.78, 5) is 19.1. The fraction of sp³-hybridized carbons (Fsp3) is 0.571. The van der Waals surface area contributed by atoms with E-state index in [1.165, 1.54) is 11.3 Å². The van der Waals surface area contributed by atoms with Gasteiger partial charge in [-0.05, 0) is 76.6 Å². The first-order valence-corrected chi connectivity index (χ1v) is 9.75. The Balaban J connectivity index is 1.47. The Morgan fingerprint density at radius 1 is 1.23 bits per heavy atom. The number of carbonyl (C=O) groups is 1. The Morgan fingerprint density at radius 3 is 2.81 bits per heavy atom. The second-order valence-electron chi connectivity index (χ2n) is 7.48. The second-order valence-corrected chi connectivity index (χ2v) is 7.48. The number of aromatic nitrogens is 3. The van der Waals surface area contributed by atoms with Crippen LogP contribution in [-0.2, 0) is 17.8 Å². The van der Waals surface area contributed by atoms with Crippen molar-refractivity contribution >= 4 is 5.91 Å². The van der Waals surface area contributed by atoms with Crippen LogP contribution in [0.1, 0.15) is 54.7 Å². The summed E-state index contributed by atoms with van der Waals surface area (Å²) in [7, 11) is 0. The largest absolute Gasteiger partial charge is 0.340 e. The highest BCUT2D eigenvalue weighted by molar-refractivity contribution is 5.76. The lowest BCUT2D eigenvalue weighted by Gasteiger charge is -2.25. The van der Waals surface area contributed by atoms with Crippen molar-refractivity contribution in [3.63, 3.8) is 0 Å². The van der Waals surface area contributed by atoms with Crippen LogP contribution in [0.5, 0.6) is 0 Å². The molecule has 26 heavy (non-hydrogen) atoms. The summed E-state index contributed by atoms with van der Waals surface area (Å²) in [6.07, 6.45) is 7.67. The molecule has 3 heterocycles. The standard InChI is InChI=1S/C21H30N4O/c1-16-15-19(10-11-22-16)8-9-20-6-4-12-24(20)21(26)7-5-13-25-18(3)14-17(2)23-25/h10-11,14-15,20H,4-9,12-13H2,1-3H3. The summed E-state index contributed by atoms with van der Waals surface area (Å²) in [6, 6.07) is 6.71. The van der Waals surface area contributed by atoms with E-state index in [9.17, 15) is 4.79 Å².